The number of hydrogen-bond acceptors (Lipinski definition) is 3. The van der Waals surface area contributed by atoms with E-state index in [-0.39, 0.29) is 5.91 Å². The second-order valence-corrected chi connectivity index (χ2v) is 7.82. The molecule has 0 aliphatic carbocycles. The largest absolute Gasteiger partial charge is 0.497 e. The Morgan fingerprint density at radius 2 is 1.63 bits per heavy atom. The average Bonchev–Trinajstić information content (AvgIpc) is 3.26. The molecule has 2 saturated heterocycles. The second kappa shape index (κ2) is 9.77. The maximum absolute atomic E-state index is 12.6. The fourth-order valence-electron chi connectivity index (χ4n) is 4.18. The van der Waals surface area contributed by atoms with Crippen molar-refractivity contribution in [2.24, 2.45) is 5.92 Å². The molecular formula is C22H32N2O3. The summed E-state index contributed by atoms with van der Waals surface area (Å²) in [4.78, 5) is 28.9. The highest BCUT2D eigenvalue weighted by Crippen LogP contribution is 2.23. The van der Waals surface area contributed by atoms with Crippen molar-refractivity contribution < 1.29 is 14.3 Å². The van der Waals surface area contributed by atoms with Gasteiger partial charge in [-0.15, -0.1) is 0 Å². The van der Waals surface area contributed by atoms with Crippen LogP contribution in [-0.4, -0.2) is 54.9 Å². The number of aryl methyl sites for hydroxylation is 1. The average molecular weight is 373 g/mol. The van der Waals surface area contributed by atoms with Crippen molar-refractivity contribution in [3.8, 4) is 5.75 Å². The van der Waals surface area contributed by atoms with Crippen molar-refractivity contribution in [1.29, 1.82) is 0 Å². The highest BCUT2D eigenvalue weighted by Gasteiger charge is 2.25. The summed E-state index contributed by atoms with van der Waals surface area (Å²) in [6.45, 7) is 3.53. The van der Waals surface area contributed by atoms with Crippen LogP contribution in [0.25, 0.3) is 0 Å². The van der Waals surface area contributed by atoms with Crippen LogP contribution in [-0.2, 0) is 16.0 Å². The van der Waals surface area contributed by atoms with Gasteiger partial charge in [-0.25, -0.2) is 0 Å². The summed E-state index contributed by atoms with van der Waals surface area (Å²) in [5.41, 5.74) is 1.16. The Labute approximate surface area is 162 Å². The number of piperidine rings is 1. The Kier molecular flexibility index (Phi) is 7.13. The van der Waals surface area contributed by atoms with Crippen molar-refractivity contribution in [3.63, 3.8) is 0 Å². The Bertz CT molecular complexity index is 623. The van der Waals surface area contributed by atoms with E-state index in [1.54, 1.807) is 7.11 Å². The number of benzene rings is 1. The first-order valence-electron chi connectivity index (χ1n) is 10.3. The van der Waals surface area contributed by atoms with Crippen molar-refractivity contribution >= 4 is 11.8 Å². The molecule has 148 valence electrons. The van der Waals surface area contributed by atoms with Gasteiger partial charge >= 0.3 is 0 Å². The topological polar surface area (TPSA) is 49.9 Å². The van der Waals surface area contributed by atoms with E-state index in [1.165, 1.54) is 0 Å². The lowest BCUT2D eigenvalue weighted by Crippen LogP contribution is -2.40. The van der Waals surface area contributed by atoms with Crippen molar-refractivity contribution in [1.82, 2.24) is 9.80 Å². The Hall–Kier alpha value is -2.04. The van der Waals surface area contributed by atoms with E-state index < -0.39 is 0 Å². The molecule has 2 aliphatic rings. The van der Waals surface area contributed by atoms with E-state index in [1.807, 2.05) is 34.1 Å². The number of amides is 2. The van der Waals surface area contributed by atoms with Crippen LogP contribution in [0, 0.1) is 5.92 Å². The molecule has 0 bridgehead atoms. The molecule has 0 N–H and O–H groups in total. The van der Waals surface area contributed by atoms with Crippen molar-refractivity contribution in [3.05, 3.63) is 29.8 Å². The van der Waals surface area contributed by atoms with Gasteiger partial charge in [0.05, 0.1) is 7.11 Å². The maximum Gasteiger partial charge on any atom is 0.222 e. The smallest absolute Gasteiger partial charge is 0.222 e. The molecule has 27 heavy (non-hydrogen) atoms. The lowest BCUT2D eigenvalue weighted by atomic mass is 9.92. The van der Waals surface area contributed by atoms with Gasteiger partial charge in [0.25, 0.3) is 0 Å². The van der Waals surface area contributed by atoms with Crippen LogP contribution >= 0.6 is 0 Å². The summed E-state index contributed by atoms with van der Waals surface area (Å²) >= 11 is 0. The molecule has 1 aromatic rings. The summed E-state index contributed by atoms with van der Waals surface area (Å²) in [6.07, 6.45) is 7.34. The van der Waals surface area contributed by atoms with Gasteiger partial charge in [-0.2, -0.15) is 0 Å². The zero-order valence-corrected chi connectivity index (χ0v) is 16.5. The minimum Gasteiger partial charge on any atom is -0.497 e. The molecule has 0 aromatic heterocycles. The molecular weight excluding hydrogens is 340 g/mol. The van der Waals surface area contributed by atoms with Gasteiger partial charge in [-0.05, 0) is 62.1 Å². The number of nitrogens with zero attached hydrogens (tertiary/aromatic N) is 2. The Morgan fingerprint density at radius 3 is 2.33 bits per heavy atom. The number of hydrogen-bond donors (Lipinski definition) is 0. The van der Waals surface area contributed by atoms with Crippen LogP contribution in [0.1, 0.15) is 50.5 Å². The van der Waals surface area contributed by atoms with Crippen LogP contribution in [0.2, 0.25) is 0 Å². The fourth-order valence-corrected chi connectivity index (χ4v) is 4.18. The number of rotatable bonds is 7. The minimum absolute atomic E-state index is 0.237. The van der Waals surface area contributed by atoms with E-state index in [9.17, 15) is 9.59 Å². The quantitative estimate of drug-likeness (QED) is 0.738. The standard InChI is InChI=1S/C22H32N2O3/c1-27-20-10-6-18(7-11-20)8-12-22(26)24-16-4-5-19(17-24)9-13-21(25)23-14-2-3-15-23/h6-7,10-11,19H,2-5,8-9,12-17H2,1H3. The lowest BCUT2D eigenvalue weighted by molar-refractivity contribution is -0.133. The molecule has 2 heterocycles. The predicted molar refractivity (Wildman–Crippen MR) is 106 cm³/mol. The minimum atomic E-state index is 0.237. The van der Waals surface area contributed by atoms with Gasteiger partial charge in [0, 0.05) is 39.0 Å². The highest BCUT2D eigenvalue weighted by atomic mass is 16.5. The molecule has 0 saturated carbocycles. The normalized spacial score (nSPS) is 20.0. The van der Waals surface area contributed by atoms with Gasteiger partial charge in [0.2, 0.25) is 11.8 Å². The molecule has 2 aliphatic heterocycles. The van der Waals surface area contributed by atoms with E-state index in [2.05, 4.69) is 0 Å². The summed E-state index contributed by atoms with van der Waals surface area (Å²) < 4.78 is 5.17. The first-order valence-corrected chi connectivity index (χ1v) is 10.3. The number of methoxy groups -OCH3 is 1. The molecule has 0 radical (unpaired) electrons. The van der Waals surface area contributed by atoms with Crippen LogP contribution in [0.3, 0.4) is 0 Å². The van der Waals surface area contributed by atoms with Crippen molar-refractivity contribution in [2.75, 3.05) is 33.3 Å². The number of likely N-dealkylation sites (tertiary alicyclic amines) is 2. The zero-order chi connectivity index (χ0) is 19.1. The van der Waals surface area contributed by atoms with Crippen LogP contribution < -0.4 is 4.74 Å². The second-order valence-electron chi connectivity index (χ2n) is 7.82. The predicted octanol–water partition coefficient (Wildman–Crippen LogP) is 3.27. The highest BCUT2D eigenvalue weighted by molar-refractivity contribution is 5.77. The molecule has 5 heteroatoms. The van der Waals surface area contributed by atoms with Crippen molar-refractivity contribution in [2.45, 2.75) is 51.4 Å². The zero-order valence-electron chi connectivity index (χ0n) is 16.5. The van der Waals surface area contributed by atoms with Crippen LogP contribution in [0.5, 0.6) is 5.75 Å². The molecule has 1 aromatic carbocycles. The molecule has 3 rings (SSSR count). The van der Waals surface area contributed by atoms with E-state index in [4.69, 9.17) is 4.74 Å². The third kappa shape index (κ3) is 5.72. The lowest BCUT2D eigenvalue weighted by Gasteiger charge is -2.33. The monoisotopic (exact) mass is 372 g/mol. The molecule has 0 spiro atoms. The molecule has 1 unspecified atom stereocenters. The first kappa shape index (κ1) is 19.7. The maximum atomic E-state index is 12.6. The van der Waals surface area contributed by atoms with Gasteiger partial charge < -0.3 is 14.5 Å². The van der Waals surface area contributed by atoms with Gasteiger partial charge in [-0.1, -0.05) is 12.1 Å². The van der Waals surface area contributed by atoms with E-state index in [0.29, 0.717) is 24.7 Å². The first-order chi connectivity index (χ1) is 13.2. The number of carbonyl (C=O) groups excluding carboxylic acids is 2. The van der Waals surface area contributed by atoms with Gasteiger partial charge in [-0.3, -0.25) is 9.59 Å². The SMILES string of the molecule is COc1ccc(CCC(=O)N2CCCC(CCC(=O)N3CCCC3)C2)cc1. The van der Waals surface area contributed by atoms with E-state index in [0.717, 1.165) is 76.0 Å². The summed E-state index contributed by atoms with van der Waals surface area (Å²) in [6, 6.07) is 7.92. The van der Waals surface area contributed by atoms with Crippen LogP contribution in [0.15, 0.2) is 24.3 Å². The summed E-state index contributed by atoms with van der Waals surface area (Å²) in [5, 5.41) is 0. The summed E-state index contributed by atoms with van der Waals surface area (Å²) in [7, 11) is 1.66. The Morgan fingerprint density at radius 1 is 0.963 bits per heavy atom. The Balaban J connectivity index is 1.41. The van der Waals surface area contributed by atoms with Gasteiger partial charge in [0.15, 0.2) is 0 Å². The third-order valence-electron chi connectivity index (χ3n) is 5.88. The van der Waals surface area contributed by atoms with Crippen LogP contribution in [0.4, 0.5) is 0 Å². The number of ether oxygens (including phenoxy) is 1. The third-order valence-corrected chi connectivity index (χ3v) is 5.88. The summed E-state index contributed by atoms with van der Waals surface area (Å²) in [5.74, 6) is 1.85. The van der Waals surface area contributed by atoms with E-state index >= 15 is 0 Å². The van der Waals surface area contributed by atoms with Gasteiger partial charge in [0.1, 0.15) is 5.75 Å². The molecule has 2 amide bonds. The number of carbonyl (C=O) groups is 2. The molecule has 5 nitrogen and oxygen atoms in total. The molecule has 2 fully saturated rings. The fraction of sp³-hybridized carbons (Fsp3) is 0.636. The molecule has 1 atom stereocenters.